The molecule has 0 fully saturated rings. The van der Waals surface area contributed by atoms with Crippen LogP contribution in [-0.2, 0) is 12.8 Å². The van der Waals surface area contributed by atoms with E-state index in [0.717, 1.165) is 24.4 Å². The van der Waals surface area contributed by atoms with Gasteiger partial charge >= 0.3 is 0 Å². The molecule has 0 aliphatic heterocycles. The fraction of sp³-hybridized carbons (Fsp3) is 0.417. The van der Waals surface area contributed by atoms with E-state index in [1.54, 1.807) is 0 Å². The quantitative estimate of drug-likeness (QED) is 0.744. The number of hydrogen-bond acceptors (Lipinski definition) is 1. The van der Waals surface area contributed by atoms with Crippen LogP contribution in [0, 0.1) is 5.92 Å². The second kappa shape index (κ2) is 4.09. The standard InChI is InChI=1S/C12H15NS/c1-2-13-12(14)11-7-9-5-3-4-6-10(9)8-11/h3-6,11H,2,7-8H2,1H3,(H,13,14). The Bertz CT molecular complexity index is 321. The molecule has 0 aromatic heterocycles. The van der Waals surface area contributed by atoms with Gasteiger partial charge in [-0.05, 0) is 30.9 Å². The Hall–Kier alpha value is -0.890. The summed E-state index contributed by atoms with van der Waals surface area (Å²) in [5.41, 5.74) is 2.94. The highest BCUT2D eigenvalue weighted by molar-refractivity contribution is 7.80. The molecule has 0 saturated heterocycles. The van der Waals surface area contributed by atoms with Crippen LogP contribution in [0.25, 0.3) is 0 Å². The van der Waals surface area contributed by atoms with Gasteiger partial charge in [0.25, 0.3) is 0 Å². The topological polar surface area (TPSA) is 12.0 Å². The number of benzene rings is 1. The van der Waals surface area contributed by atoms with Crippen LogP contribution in [0.3, 0.4) is 0 Å². The van der Waals surface area contributed by atoms with E-state index in [1.165, 1.54) is 11.1 Å². The summed E-state index contributed by atoms with van der Waals surface area (Å²) in [7, 11) is 0. The second-order valence-corrected chi connectivity index (χ2v) is 4.21. The van der Waals surface area contributed by atoms with Gasteiger partial charge in [-0.1, -0.05) is 36.5 Å². The molecule has 1 aromatic rings. The Kier molecular flexibility index (Phi) is 2.82. The summed E-state index contributed by atoms with van der Waals surface area (Å²) in [5.74, 6) is 0.530. The normalized spacial score (nSPS) is 15.2. The summed E-state index contributed by atoms with van der Waals surface area (Å²) in [6.07, 6.45) is 2.23. The molecule has 1 aliphatic rings. The summed E-state index contributed by atoms with van der Waals surface area (Å²) in [5, 5.41) is 3.25. The van der Waals surface area contributed by atoms with Crippen LogP contribution in [0.5, 0.6) is 0 Å². The van der Waals surface area contributed by atoms with Gasteiger partial charge in [-0.25, -0.2) is 0 Å². The zero-order valence-corrected chi connectivity index (χ0v) is 9.23. The maximum Gasteiger partial charge on any atom is 0.0791 e. The van der Waals surface area contributed by atoms with Crippen molar-refractivity contribution in [2.45, 2.75) is 19.8 Å². The Morgan fingerprint density at radius 3 is 2.43 bits per heavy atom. The van der Waals surface area contributed by atoms with E-state index in [0.29, 0.717) is 5.92 Å². The Morgan fingerprint density at radius 1 is 1.36 bits per heavy atom. The van der Waals surface area contributed by atoms with Crippen LogP contribution < -0.4 is 5.32 Å². The molecule has 0 unspecified atom stereocenters. The molecule has 0 atom stereocenters. The van der Waals surface area contributed by atoms with Crippen LogP contribution >= 0.6 is 12.2 Å². The van der Waals surface area contributed by atoms with Crippen LogP contribution in [0.4, 0.5) is 0 Å². The molecule has 1 aromatic carbocycles. The van der Waals surface area contributed by atoms with Gasteiger partial charge < -0.3 is 5.32 Å². The number of hydrogen-bond donors (Lipinski definition) is 1. The molecule has 0 heterocycles. The molecular weight excluding hydrogens is 190 g/mol. The first-order valence-corrected chi connectivity index (χ1v) is 5.56. The molecule has 0 radical (unpaired) electrons. The molecule has 1 N–H and O–H groups in total. The van der Waals surface area contributed by atoms with Gasteiger partial charge in [0.1, 0.15) is 0 Å². The Labute approximate surface area is 90.5 Å². The minimum atomic E-state index is 0.530. The van der Waals surface area contributed by atoms with Crippen molar-refractivity contribution in [1.29, 1.82) is 0 Å². The first-order valence-electron chi connectivity index (χ1n) is 5.15. The highest BCUT2D eigenvalue weighted by Gasteiger charge is 2.23. The second-order valence-electron chi connectivity index (χ2n) is 3.77. The zero-order chi connectivity index (χ0) is 9.97. The lowest BCUT2D eigenvalue weighted by molar-refractivity contribution is 0.724. The van der Waals surface area contributed by atoms with Crippen LogP contribution in [0.2, 0.25) is 0 Å². The molecule has 1 nitrogen and oxygen atoms in total. The average Bonchev–Trinajstić information content (AvgIpc) is 2.61. The smallest absolute Gasteiger partial charge is 0.0791 e. The molecule has 0 bridgehead atoms. The highest BCUT2D eigenvalue weighted by atomic mass is 32.1. The third kappa shape index (κ3) is 1.80. The molecule has 1 aliphatic carbocycles. The van der Waals surface area contributed by atoms with E-state index < -0.39 is 0 Å². The van der Waals surface area contributed by atoms with Crippen molar-refractivity contribution < 1.29 is 0 Å². The lowest BCUT2D eigenvalue weighted by Crippen LogP contribution is -2.28. The molecule has 0 spiro atoms. The van der Waals surface area contributed by atoms with Crippen molar-refractivity contribution in [3.8, 4) is 0 Å². The molecule has 2 rings (SSSR count). The summed E-state index contributed by atoms with van der Waals surface area (Å²) in [4.78, 5) is 1.03. The third-order valence-corrected chi connectivity index (χ3v) is 3.25. The van der Waals surface area contributed by atoms with Crippen LogP contribution in [0.15, 0.2) is 24.3 Å². The van der Waals surface area contributed by atoms with E-state index in [-0.39, 0.29) is 0 Å². The van der Waals surface area contributed by atoms with Gasteiger partial charge in [0.2, 0.25) is 0 Å². The highest BCUT2D eigenvalue weighted by Crippen LogP contribution is 2.26. The first-order chi connectivity index (χ1) is 6.81. The van der Waals surface area contributed by atoms with E-state index in [1.807, 2.05) is 0 Å². The zero-order valence-electron chi connectivity index (χ0n) is 8.42. The number of nitrogens with one attached hydrogen (secondary N) is 1. The Balaban J connectivity index is 2.08. The van der Waals surface area contributed by atoms with Crippen molar-refractivity contribution in [1.82, 2.24) is 5.32 Å². The number of fused-ring (bicyclic) bond motifs is 1. The average molecular weight is 205 g/mol. The van der Waals surface area contributed by atoms with E-state index in [4.69, 9.17) is 12.2 Å². The van der Waals surface area contributed by atoms with Crippen molar-refractivity contribution in [2.24, 2.45) is 5.92 Å². The van der Waals surface area contributed by atoms with Gasteiger partial charge in [0.05, 0.1) is 4.99 Å². The van der Waals surface area contributed by atoms with Gasteiger partial charge in [0.15, 0.2) is 0 Å². The first kappa shape index (κ1) is 9.66. The van der Waals surface area contributed by atoms with Gasteiger partial charge in [-0.2, -0.15) is 0 Å². The number of thiocarbonyl (C=S) groups is 1. The number of rotatable bonds is 2. The van der Waals surface area contributed by atoms with Crippen molar-refractivity contribution in [3.63, 3.8) is 0 Å². The minimum Gasteiger partial charge on any atom is -0.380 e. The summed E-state index contributed by atoms with van der Waals surface area (Å²) in [6.45, 7) is 3.03. The lowest BCUT2D eigenvalue weighted by atomic mass is 10.1. The lowest BCUT2D eigenvalue weighted by Gasteiger charge is -2.11. The largest absolute Gasteiger partial charge is 0.380 e. The van der Waals surface area contributed by atoms with Crippen molar-refractivity contribution in [2.75, 3.05) is 6.54 Å². The molecule has 74 valence electrons. The van der Waals surface area contributed by atoms with E-state index >= 15 is 0 Å². The predicted octanol–water partition coefficient (Wildman–Crippen LogP) is 2.34. The van der Waals surface area contributed by atoms with Gasteiger partial charge in [0, 0.05) is 12.5 Å². The summed E-state index contributed by atoms with van der Waals surface area (Å²) < 4.78 is 0. The van der Waals surface area contributed by atoms with Crippen LogP contribution in [-0.4, -0.2) is 11.5 Å². The maximum atomic E-state index is 5.35. The molecule has 0 amide bonds. The maximum absolute atomic E-state index is 5.35. The Morgan fingerprint density at radius 2 is 1.93 bits per heavy atom. The van der Waals surface area contributed by atoms with Crippen molar-refractivity contribution >= 4 is 17.2 Å². The fourth-order valence-electron chi connectivity index (χ4n) is 2.06. The van der Waals surface area contributed by atoms with Gasteiger partial charge in [-0.15, -0.1) is 0 Å². The molecule has 14 heavy (non-hydrogen) atoms. The summed E-state index contributed by atoms with van der Waals surface area (Å²) in [6, 6.07) is 8.64. The third-order valence-electron chi connectivity index (χ3n) is 2.77. The monoisotopic (exact) mass is 205 g/mol. The minimum absolute atomic E-state index is 0.530. The SMILES string of the molecule is CCNC(=S)C1Cc2ccccc2C1. The van der Waals surface area contributed by atoms with Crippen molar-refractivity contribution in [3.05, 3.63) is 35.4 Å². The molecule has 2 heteroatoms. The van der Waals surface area contributed by atoms with Crippen LogP contribution in [0.1, 0.15) is 18.1 Å². The molecular formula is C12H15NS. The summed E-state index contributed by atoms with van der Waals surface area (Å²) >= 11 is 5.35. The van der Waals surface area contributed by atoms with Gasteiger partial charge in [-0.3, -0.25) is 0 Å². The van der Waals surface area contributed by atoms with E-state index in [9.17, 15) is 0 Å². The predicted molar refractivity (Wildman–Crippen MR) is 63.6 cm³/mol. The van der Waals surface area contributed by atoms with E-state index in [2.05, 4.69) is 36.5 Å². The fourth-order valence-corrected chi connectivity index (χ4v) is 2.37. The molecule has 0 saturated carbocycles.